The molecule has 1 aliphatic heterocycles. The molecule has 1 fully saturated rings. The van der Waals surface area contributed by atoms with Crippen molar-refractivity contribution < 1.29 is 14.4 Å². The molecule has 0 aromatic heterocycles. The highest BCUT2D eigenvalue weighted by atomic mass is 35.5. The van der Waals surface area contributed by atoms with E-state index >= 15 is 0 Å². The molecule has 0 saturated carbocycles. The molecule has 1 aromatic carbocycles. The minimum atomic E-state index is -0.541. The lowest BCUT2D eigenvalue weighted by atomic mass is 10.2. The highest BCUT2D eigenvalue weighted by molar-refractivity contribution is 6.32. The highest BCUT2D eigenvalue weighted by Gasteiger charge is 2.23. The Labute approximate surface area is 115 Å². The average molecular weight is 287 g/mol. The molecule has 6 nitrogen and oxygen atoms in total. The molecule has 1 aliphatic rings. The number of morpholine rings is 1. The molecular formula is C12H15ClN2O4. The lowest BCUT2D eigenvalue weighted by molar-refractivity contribution is -0.385. The van der Waals surface area contributed by atoms with Crippen LogP contribution >= 0.6 is 11.6 Å². The van der Waals surface area contributed by atoms with Gasteiger partial charge in [-0.2, -0.15) is 0 Å². The molecule has 0 bridgehead atoms. The number of hydrogen-bond acceptors (Lipinski definition) is 5. The number of nitro groups is 1. The van der Waals surface area contributed by atoms with Crippen molar-refractivity contribution in [1.82, 2.24) is 5.32 Å². The Bertz CT molecular complexity index is 469. The summed E-state index contributed by atoms with van der Waals surface area (Å²) in [5.74, 6) is 0.166. The van der Waals surface area contributed by atoms with Crippen LogP contribution in [0, 0.1) is 10.1 Å². The zero-order chi connectivity index (χ0) is 13.8. The number of nitro benzene ring substituents is 1. The van der Waals surface area contributed by atoms with Gasteiger partial charge in [0.05, 0.1) is 11.0 Å². The standard InChI is InChI=1S/C12H15ClN2O4/c1-8-5-14-6-9(19-8)7-18-11-4-2-3-10(13)12(11)15(16)17/h2-4,8-9,14H,5-7H2,1H3. The molecule has 0 radical (unpaired) electrons. The van der Waals surface area contributed by atoms with E-state index in [1.807, 2.05) is 6.92 Å². The maximum Gasteiger partial charge on any atom is 0.329 e. The van der Waals surface area contributed by atoms with E-state index in [0.717, 1.165) is 6.54 Å². The van der Waals surface area contributed by atoms with Gasteiger partial charge in [0.25, 0.3) is 0 Å². The fourth-order valence-corrected chi connectivity index (χ4v) is 2.18. The smallest absolute Gasteiger partial charge is 0.329 e. The van der Waals surface area contributed by atoms with Crippen molar-refractivity contribution >= 4 is 17.3 Å². The molecule has 19 heavy (non-hydrogen) atoms. The first-order valence-corrected chi connectivity index (χ1v) is 6.37. The molecular weight excluding hydrogens is 272 g/mol. The summed E-state index contributed by atoms with van der Waals surface area (Å²) in [6.45, 7) is 3.67. The minimum Gasteiger partial charge on any atom is -0.484 e. The number of halogens is 1. The van der Waals surface area contributed by atoms with E-state index in [2.05, 4.69) is 5.32 Å². The van der Waals surface area contributed by atoms with Gasteiger partial charge in [0.1, 0.15) is 17.7 Å². The molecule has 2 atom stereocenters. The van der Waals surface area contributed by atoms with Crippen LogP contribution < -0.4 is 10.1 Å². The molecule has 7 heteroatoms. The summed E-state index contributed by atoms with van der Waals surface area (Å²) < 4.78 is 11.1. The SMILES string of the molecule is CC1CNCC(COc2cccc(Cl)c2[N+](=O)[O-])O1. The van der Waals surface area contributed by atoms with Crippen LogP contribution in [0.2, 0.25) is 5.02 Å². The Morgan fingerprint density at radius 1 is 1.58 bits per heavy atom. The van der Waals surface area contributed by atoms with Crippen LogP contribution in [0.4, 0.5) is 5.69 Å². The van der Waals surface area contributed by atoms with E-state index in [9.17, 15) is 10.1 Å². The molecule has 0 spiro atoms. The van der Waals surface area contributed by atoms with Gasteiger partial charge in [0.15, 0.2) is 5.75 Å². The predicted molar refractivity (Wildman–Crippen MR) is 70.8 cm³/mol. The van der Waals surface area contributed by atoms with E-state index in [1.165, 1.54) is 12.1 Å². The van der Waals surface area contributed by atoms with Gasteiger partial charge in [-0.05, 0) is 19.1 Å². The Balaban J connectivity index is 2.03. The van der Waals surface area contributed by atoms with Crippen LogP contribution in [0.25, 0.3) is 0 Å². The maximum absolute atomic E-state index is 10.9. The quantitative estimate of drug-likeness (QED) is 0.677. The molecule has 0 aliphatic carbocycles. The number of para-hydroxylation sites is 1. The fourth-order valence-electron chi connectivity index (χ4n) is 1.94. The van der Waals surface area contributed by atoms with Gasteiger partial charge in [-0.1, -0.05) is 17.7 Å². The molecule has 2 unspecified atom stereocenters. The summed E-state index contributed by atoms with van der Waals surface area (Å²) in [5, 5.41) is 14.2. The van der Waals surface area contributed by atoms with E-state index in [1.54, 1.807) is 6.07 Å². The summed E-state index contributed by atoms with van der Waals surface area (Å²) in [6.07, 6.45) is -0.0148. The van der Waals surface area contributed by atoms with Crippen molar-refractivity contribution in [1.29, 1.82) is 0 Å². The number of benzene rings is 1. The third-order valence-electron chi connectivity index (χ3n) is 2.79. The summed E-state index contributed by atoms with van der Waals surface area (Å²) in [7, 11) is 0. The summed E-state index contributed by atoms with van der Waals surface area (Å²) >= 11 is 5.80. The lowest BCUT2D eigenvalue weighted by Crippen LogP contribution is -2.45. The van der Waals surface area contributed by atoms with Crippen molar-refractivity contribution in [2.45, 2.75) is 19.1 Å². The second kappa shape index (κ2) is 6.18. The second-order valence-corrected chi connectivity index (χ2v) is 4.79. The first kappa shape index (κ1) is 14.0. The van der Waals surface area contributed by atoms with Gasteiger partial charge in [0.2, 0.25) is 0 Å². The van der Waals surface area contributed by atoms with Crippen LogP contribution in [-0.2, 0) is 4.74 Å². The minimum absolute atomic E-state index is 0.0681. The highest BCUT2D eigenvalue weighted by Crippen LogP contribution is 2.34. The van der Waals surface area contributed by atoms with Crippen LogP contribution in [-0.4, -0.2) is 36.8 Å². The number of ether oxygens (including phenoxy) is 2. The zero-order valence-electron chi connectivity index (χ0n) is 10.5. The predicted octanol–water partition coefficient (Wildman–Crippen LogP) is 2.00. The number of nitrogens with one attached hydrogen (secondary N) is 1. The van der Waals surface area contributed by atoms with Gasteiger partial charge >= 0.3 is 5.69 Å². The van der Waals surface area contributed by atoms with Crippen molar-refractivity contribution in [3.8, 4) is 5.75 Å². The van der Waals surface area contributed by atoms with Crippen molar-refractivity contribution in [3.05, 3.63) is 33.3 Å². The number of rotatable bonds is 4. The maximum atomic E-state index is 10.9. The van der Waals surface area contributed by atoms with Crippen LogP contribution in [0.1, 0.15) is 6.92 Å². The third-order valence-corrected chi connectivity index (χ3v) is 3.09. The summed E-state index contributed by atoms with van der Waals surface area (Å²) in [4.78, 5) is 10.4. The second-order valence-electron chi connectivity index (χ2n) is 4.38. The van der Waals surface area contributed by atoms with Gasteiger partial charge in [-0.15, -0.1) is 0 Å². The van der Waals surface area contributed by atoms with Gasteiger partial charge < -0.3 is 14.8 Å². The monoisotopic (exact) mass is 286 g/mol. The largest absolute Gasteiger partial charge is 0.484 e. The fraction of sp³-hybridized carbons (Fsp3) is 0.500. The molecule has 1 N–H and O–H groups in total. The first-order chi connectivity index (χ1) is 9.08. The Morgan fingerprint density at radius 3 is 3.05 bits per heavy atom. The van der Waals surface area contributed by atoms with E-state index < -0.39 is 4.92 Å². The van der Waals surface area contributed by atoms with E-state index in [-0.39, 0.29) is 35.3 Å². The third kappa shape index (κ3) is 3.56. The van der Waals surface area contributed by atoms with Crippen molar-refractivity contribution in [3.63, 3.8) is 0 Å². The number of hydrogen-bond donors (Lipinski definition) is 1. The van der Waals surface area contributed by atoms with Gasteiger partial charge in [-0.25, -0.2) is 0 Å². The number of nitrogens with zero attached hydrogens (tertiary/aromatic N) is 1. The van der Waals surface area contributed by atoms with Crippen molar-refractivity contribution in [2.24, 2.45) is 0 Å². The molecule has 1 saturated heterocycles. The first-order valence-electron chi connectivity index (χ1n) is 6.00. The average Bonchev–Trinajstić information content (AvgIpc) is 2.36. The molecule has 104 valence electrons. The van der Waals surface area contributed by atoms with Crippen LogP contribution in [0.5, 0.6) is 5.75 Å². The van der Waals surface area contributed by atoms with E-state index in [0.29, 0.717) is 6.54 Å². The van der Waals surface area contributed by atoms with E-state index in [4.69, 9.17) is 21.1 Å². The van der Waals surface area contributed by atoms with Crippen molar-refractivity contribution in [2.75, 3.05) is 19.7 Å². The Hall–Kier alpha value is -1.37. The molecule has 2 rings (SSSR count). The van der Waals surface area contributed by atoms with Gasteiger partial charge in [-0.3, -0.25) is 10.1 Å². The topological polar surface area (TPSA) is 73.6 Å². The van der Waals surface area contributed by atoms with Crippen LogP contribution in [0.3, 0.4) is 0 Å². The van der Waals surface area contributed by atoms with Gasteiger partial charge in [0, 0.05) is 13.1 Å². The molecule has 1 aromatic rings. The Morgan fingerprint density at radius 2 is 2.37 bits per heavy atom. The zero-order valence-corrected chi connectivity index (χ0v) is 11.2. The van der Waals surface area contributed by atoms with Crippen LogP contribution in [0.15, 0.2) is 18.2 Å². The molecule has 0 amide bonds. The molecule has 1 heterocycles. The summed E-state index contributed by atoms with van der Waals surface area (Å²) in [6, 6.07) is 4.62. The Kier molecular flexibility index (Phi) is 4.57. The summed E-state index contributed by atoms with van der Waals surface area (Å²) in [5.41, 5.74) is -0.207. The lowest BCUT2D eigenvalue weighted by Gasteiger charge is -2.28. The normalized spacial score (nSPS) is 23.1.